The van der Waals surface area contributed by atoms with Crippen molar-refractivity contribution in [3.63, 3.8) is 0 Å². The number of halogens is 3. The minimum atomic E-state index is -3.78. The monoisotopic (exact) mass is 1700 g/mol. The number of hydrogen-bond donors (Lipinski definition) is 14. The van der Waals surface area contributed by atoms with Crippen LogP contribution in [0.15, 0.2) is 136 Å². The Kier molecular flexibility index (Phi) is 25.7. The molecule has 0 aliphatic heterocycles. The molecule has 10 aromatic heterocycles. The number of thiophene rings is 2. The number of rotatable bonds is 29. The van der Waals surface area contributed by atoms with Crippen molar-refractivity contribution >= 4 is 159 Å². The zero-order valence-corrected chi connectivity index (χ0v) is 67.8. The molecule has 4 saturated carbocycles. The van der Waals surface area contributed by atoms with E-state index in [-0.39, 0.29) is 42.8 Å². The van der Waals surface area contributed by atoms with E-state index in [2.05, 4.69) is 134 Å². The molecule has 0 atom stereocenters. The fraction of sp³-hybridized carbons (Fsp3) is 0.315. The Bertz CT molecular complexity index is 5620. The fourth-order valence-corrected chi connectivity index (χ4v) is 15.7. The molecule has 4 fully saturated rings. The van der Waals surface area contributed by atoms with Gasteiger partial charge in [-0.3, -0.25) is 20.4 Å². The van der Waals surface area contributed by atoms with Crippen LogP contribution in [-0.4, -0.2) is 165 Å². The number of carboxylic acid groups (broad SMARTS) is 1. The maximum atomic E-state index is 12.6. The minimum absolute atomic E-state index is 0. The average molecular weight is 1710 g/mol. The molecule has 0 radical (unpaired) electrons. The van der Waals surface area contributed by atoms with Crippen molar-refractivity contribution in [3.05, 3.63) is 177 Å². The zero-order chi connectivity index (χ0) is 80.3. The quantitative estimate of drug-likeness (QED) is 0.0194. The first-order valence-electron chi connectivity index (χ1n) is 36.1. The number of aromatic nitrogens is 16. The molecule has 0 saturated heterocycles. The van der Waals surface area contributed by atoms with Crippen molar-refractivity contribution in [3.8, 4) is 21.4 Å². The van der Waals surface area contributed by atoms with Crippen molar-refractivity contribution in [2.45, 2.75) is 117 Å². The number of sulfonamides is 2. The fourth-order valence-electron chi connectivity index (χ4n) is 10.6. The number of carboxylic acids is 1. The number of H-pyrrole nitrogens is 4. The van der Waals surface area contributed by atoms with E-state index < -0.39 is 37.7 Å². The van der Waals surface area contributed by atoms with Crippen LogP contribution in [0, 0.1) is 6.92 Å². The van der Waals surface area contributed by atoms with Gasteiger partial charge in [0.25, 0.3) is 0 Å². The lowest BCUT2D eigenvalue weighted by molar-refractivity contribution is 0.0528. The van der Waals surface area contributed by atoms with Crippen molar-refractivity contribution in [1.82, 2.24) is 100 Å². The highest BCUT2D eigenvalue weighted by Gasteiger charge is 2.30. The Balaban J connectivity index is 0.000000553. The SMILES string of the molecule is CC(C)(C)OC(=O)NCCNS(=O)(=O)c1ccc(-c2ncc(Cl)c(Nc3cc(C4CC4)[nH]n3)n2)s1.CN(C)CCNS(=O)(=O)c1ccc(-c2ncc(Cl)c(Nc3cc(C4CC4)[nH]n3)n2)s1.Cc1ccc(Nc2nccc(Nc3cc(C4CC4)[nH]n3)n2)cc1.O=C(O)c1ccc(Nc2ncc(Cl)c(Nc3cc(C4CC4)[nH]n3)n2)cc1.[HH].[HH].[HH].[HH].[HH].[HH].[HH].[HH].[HH].[HH].[HH]. The number of aryl methyl sites for hydroxylation is 1. The van der Waals surface area contributed by atoms with Crippen molar-refractivity contribution in [2.75, 3.05) is 72.2 Å². The van der Waals surface area contributed by atoms with E-state index in [1.165, 1.54) is 86.6 Å². The van der Waals surface area contributed by atoms with Crippen molar-refractivity contribution in [1.29, 1.82) is 0 Å². The van der Waals surface area contributed by atoms with Crippen LogP contribution in [0.2, 0.25) is 15.1 Å². The molecule has 41 heteroatoms. The third-order valence-electron chi connectivity index (χ3n) is 17.1. The van der Waals surface area contributed by atoms with E-state index in [1.54, 1.807) is 57.3 Å². The number of anilines is 12. The number of carbonyl (C=O) groups excluding carboxylic acids is 1. The van der Waals surface area contributed by atoms with Gasteiger partial charge >= 0.3 is 12.1 Å². The van der Waals surface area contributed by atoms with E-state index in [1.807, 2.05) is 73.6 Å². The third-order valence-corrected chi connectivity index (χ3v) is 24.0. The van der Waals surface area contributed by atoms with Gasteiger partial charge in [0.2, 0.25) is 31.9 Å². The van der Waals surface area contributed by atoms with Crippen LogP contribution in [0.4, 0.5) is 74.6 Å². The number of carbonyl (C=O) groups is 2. The lowest BCUT2D eigenvalue weighted by Gasteiger charge is -2.19. The first-order chi connectivity index (χ1) is 54.7. The zero-order valence-electron chi connectivity index (χ0n) is 62.3. The summed E-state index contributed by atoms with van der Waals surface area (Å²) in [4.78, 5) is 60.3. The minimum Gasteiger partial charge on any atom is -0.478 e. The molecule has 12 aromatic rings. The van der Waals surface area contributed by atoms with E-state index in [4.69, 9.17) is 44.6 Å². The largest absolute Gasteiger partial charge is 0.478 e. The molecule has 0 unspecified atom stereocenters. The summed E-state index contributed by atoms with van der Waals surface area (Å²) < 4.78 is 60.7. The molecule has 10 heterocycles. The Morgan fingerprint density at radius 1 is 0.518 bits per heavy atom. The van der Waals surface area contributed by atoms with Gasteiger partial charge in [0.1, 0.15) is 34.9 Å². The number of nitrogens with one attached hydrogen (secondary N) is 13. The van der Waals surface area contributed by atoms with Gasteiger partial charge < -0.3 is 52.0 Å². The second-order valence-electron chi connectivity index (χ2n) is 28.1. The van der Waals surface area contributed by atoms with Crippen LogP contribution in [0.3, 0.4) is 0 Å². The standard InChI is InChI=1S/C21H26ClN7O4S2.C18H22ClN7O2S2.C17H15ClN6O2.C17H18N6.11H2/c1-21(2,3)33-20(30)23-8-9-25-35(31,32)17-7-6-15(34-17)19-24-11-13(22)18(27-19)26-16-10-14(28-29-16)12-4-5-12;1-26(2)8-7-21-30(27,28)16-6-5-14(29-16)18-20-10-12(19)17(23-18)22-15-9-13(24-25-15)11-3-4-11;18-12-8-19-17(20-11-5-3-10(4-6-11)16(25)26)22-15(12)21-14-7-13(23-24-14)9-1-2-9;1-11-2-6-13(7-3-11)19-17-18-9-8-15(21-17)20-16-10-14(22-23-16)12-4-5-12;;;;;;;;;;;/h6-7,10-12,25H,4-5,8-9H2,1-3H3,(H,23,30)(H2,24,26,27,28,29);5-6,9-11,21H,3-4,7-8H2,1-2H3,(H2,20,22,23,24,25);3-9H,1-2H2,(H,25,26)(H3,19,20,21,22,23,24);2-3,6-10,12H,4-5H2,1H3,(H3,18,19,20,21,22,23);11*1H. The second kappa shape index (κ2) is 36.1. The summed E-state index contributed by atoms with van der Waals surface area (Å²) in [6, 6.07) is 30.5. The lowest BCUT2D eigenvalue weighted by Crippen LogP contribution is -2.37. The summed E-state index contributed by atoms with van der Waals surface area (Å²) >= 11 is 20.8. The maximum Gasteiger partial charge on any atom is 0.407 e. The van der Waals surface area contributed by atoms with Crippen LogP contribution in [0.1, 0.15) is 150 Å². The number of amides is 1. The molecule has 34 nitrogen and oxygen atoms in total. The van der Waals surface area contributed by atoms with Crippen LogP contribution >= 0.6 is 57.5 Å². The Labute approximate surface area is 695 Å². The molecule has 0 bridgehead atoms. The molecule has 14 N–H and O–H groups in total. The summed E-state index contributed by atoms with van der Waals surface area (Å²) in [5.41, 5.74) is 6.89. The Morgan fingerprint density at radius 3 is 1.36 bits per heavy atom. The van der Waals surface area contributed by atoms with E-state index in [9.17, 15) is 26.4 Å². The highest BCUT2D eigenvalue weighted by atomic mass is 35.5. The van der Waals surface area contributed by atoms with Gasteiger partial charge in [-0.2, -0.15) is 30.4 Å². The number of aromatic carboxylic acids is 1. The lowest BCUT2D eigenvalue weighted by atomic mass is 10.2. The normalized spacial score (nSPS) is 13.9. The Hall–Kier alpha value is -10.8. The summed E-state index contributed by atoms with van der Waals surface area (Å²) in [5.74, 6) is 7.52. The first-order valence-corrected chi connectivity index (χ1v) is 41.8. The molecular formula is C73H103Cl3N26O8S4. The number of alkyl carbamates (subject to hydrolysis) is 1. The molecule has 114 heavy (non-hydrogen) atoms. The molecule has 2 aromatic carbocycles. The summed E-state index contributed by atoms with van der Waals surface area (Å²) in [6.07, 6.45) is 15.1. The van der Waals surface area contributed by atoms with Crippen molar-refractivity contribution < 1.29 is 52.0 Å². The average Bonchev–Trinajstić information content (AvgIpc) is 1.67. The Morgan fingerprint density at radius 2 is 0.930 bits per heavy atom. The van der Waals surface area contributed by atoms with Crippen LogP contribution in [0.25, 0.3) is 21.4 Å². The predicted molar refractivity (Wildman–Crippen MR) is 463 cm³/mol. The van der Waals surface area contributed by atoms with Gasteiger partial charge in [-0.25, -0.2) is 65.8 Å². The van der Waals surface area contributed by atoms with Gasteiger partial charge in [-0.05, 0) is 160 Å². The number of aromatic amines is 4. The van der Waals surface area contributed by atoms with Crippen molar-refractivity contribution in [2.24, 2.45) is 0 Å². The topological polar surface area (TPSA) is 461 Å². The number of hydrogen-bond acceptors (Lipinski definition) is 28. The molecule has 0 spiro atoms. The van der Waals surface area contributed by atoms with Gasteiger partial charge in [0, 0.05) is 130 Å². The molecule has 1 amide bonds. The second-order valence-corrected chi connectivity index (χ2v) is 35.5. The molecule has 4 aliphatic carbocycles. The first kappa shape index (κ1) is 81.2. The van der Waals surface area contributed by atoms with Gasteiger partial charge in [-0.15, -0.1) is 22.7 Å². The number of benzene rings is 2. The van der Waals surface area contributed by atoms with E-state index >= 15 is 0 Å². The number of ether oxygens (including phenoxy) is 1. The smallest absolute Gasteiger partial charge is 0.407 e. The van der Waals surface area contributed by atoms with Crippen LogP contribution in [0.5, 0.6) is 0 Å². The predicted octanol–water partition coefficient (Wildman–Crippen LogP) is 17.5. The maximum absolute atomic E-state index is 12.6. The summed E-state index contributed by atoms with van der Waals surface area (Å²) in [7, 11) is -3.59. The molecular weight excluding hydrogens is 1600 g/mol. The number of nitrogens with zero attached hydrogens (tertiary/aromatic N) is 13. The number of likely N-dealkylation sites (N-methyl/N-ethyl adjacent to an activating group) is 1. The van der Waals surface area contributed by atoms with Gasteiger partial charge in [0.05, 0.1) is 33.9 Å². The van der Waals surface area contributed by atoms with Gasteiger partial charge in [-0.1, -0.05) is 52.5 Å². The van der Waals surface area contributed by atoms with Crippen LogP contribution < -0.4 is 46.7 Å². The third kappa shape index (κ3) is 23.4. The molecule has 618 valence electrons. The molecule has 4 aliphatic rings. The van der Waals surface area contributed by atoms with E-state index in [0.29, 0.717) is 132 Å². The summed E-state index contributed by atoms with van der Waals surface area (Å²) in [5, 5.41) is 60.3. The summed E-state index contributed by atoms with van der Waals surface area (Å²) in [6.45, 7) is 8.33. The van der Waals surface area contributed by atoms with E-state index in [0.717, 1.165) is 64.1 Å². The molecule has 16 rings (SSSR count). The highest BCUT2D eigenvalue weighted by Crippen LogP contribution is 2.43. The van der Waals surface area contributed by atoms with Gasteiger partial charge in [0.15, 0.2) is 52.4 Å². The highest BCUT2D eigenvalue weighted by molar-refractivity contribution is 7.92. The van der Waals surface area contributed by atoms with Crippen LogP contribution in [-0.2, 0) is 24.8 Å².